The highest BCUT2D eigenvalue weighted by Crippen LogP contribution is 2.33. The average molecular weight is 351 g/mol. The van der Waals surface area contributed by atoms with Crippen molar-refractivity contribution in [3.8, 4) is 0 Å². The molecule has 0 bridgehead atoms. The molecule has 0 aromatic heterocycles. The summed E-state index contributed by atoms with van der Waals surface area (Å²) >= 11 is 0. The van der Waals surface area contributed by atoms with Crippen LogP contribution in [0.2, 0.25) is 0 Å². The molecule has 2 aromatic carbocycles. The highest BCUT2D eigenvalue weighted by atomic mass is 16.5. The smallest absolute Gasteiger partial charge is 0.307 e. The molecule has 0 heterocycles. The van der Waals surface area contributed by atoms with Gasteiger partial charge < -0.3 is 9.64 Å². The van der Waals surface area contributed by atoms with Gasteiger partial charge in [0.1, 0.15) is 0 Å². The number of rotatable bonds is 8. The maximum atomic E-state index is 13.5. The summed E-state index contributed by atoms with van der Waals surface area (Å²) in [6, 6.07) is 19.9. The minimum Gasteiger partial charge on any atom is -0.466 e. The van der Waals surface area contributed by atoms with E-state index >= 15 is 0 Å². The molecule has 0 atom stereocenters. The minimum absolute atomic E-state index is 0.0641. The van der Waals surface area contributed by atoms with E-state index in [1.165, 1.54) is 0 Å². The number of nitrogens with zero attached hydrogens (tertiary/aromatic N) is 1. The summed E-state index contributed by atoms with van der Waals surface area (Å²) in [6.07, 6.45) is 2.25. The molecule has 1 aliphatic carbocycles. The van der Waals surface area contributed by atoms with E-state index in [0.29, 0.717) is 13.2 Å². The van der Waals surface area contributed by atoms with Crippen LogP contribution >= 0.6 is 0 Å². The average Bonchev–Trinajstić information content (AvgIpc) is 3.49. The predicted molar refractivity (Wildman–Crippen MR) is 101 cm³/mol. The SMILES string of the molecule is CCOC(=O)CCN(C(=O)C(c1ccccc1)c1ccccc1)C1CC1. The third-order valence-electron chi connectivity index (χ3n) is 4.65. The van der Waals surface area contributed by atoms with E-state index in [-0.39, 0.29) is 30.3 Å². The molecule has 0 spiro atoms. The number of esters is 1. The second-order valence-electron chi connectivity index (χ2n) is 6.57. The molecule has 26 heavy (non-hydrogen) atoms. The van der Waals surface area contributed by atoms with Gasteiger partial charge in [-0.15, -0.1) is 0 Å². The van der Waals surface area contributed by atoms with E-state index in [4.69, 9.17) is 4.74 Å². The maximum absolute atomic E-state index is 13.5. The second-order valence-corrected chi connectivity index (χ2v) is 6.57. The number of amides is 1. The summed E-state index contributed by atoms with van der Waals surface area (Å²) in [5, 5.41) is 0. The van der Waals surface area contributed by atoms with Crippen molar-refractivity contribution in [2.45, 2.75) is 38.1 Å². The Bertz CT molecular complexity index is 686. The van der Waals surface area contributed by atoms with Crippen molar-refractivity contribution in [2.75, 3.05) is 13.2 Å². The Kier molecular flexibility index (Phi) is 6.05. The number of carbonyl (C=O) groups is 2. The normalized spacial score (nSPS) is 13.5. The van der Waals surface area contributed by atoms with Crippen LogP contribution in [0, 0.1) is 0 Å². The maximum Gasteiger partial charge on any atom is 0.307 e. The first kappa shape index (κ1) is 18.2. The molecule has 3 rings (SSSR count). The Morgan fingerprint density at radius 1 is 1.00 bits per heavy atom. The number of ether oxygens (including phenoxy) is 1. The monoisotopic (exact) mass is 351 g/mol. The topological polar surface area (TPSA) is 46.6 Å². The lowest BCUT2D eigenvalue weighted by atomic mass is 9.90. The van der Waals surface area contributed by atoms with E-state index in [1.54, 1.807) is 6.92 Å². The van der Waals surface area contributed by atoms with Crippen LogP contribution in [0.1, 0.15) is 43.2 Å². The predicted octanol–water partition coefficient (Wildman–Crippen LogP) is 3.76. The summed E-state index contributed by atoms with van der Waals surface area (Å²) in [6.45, 7) is 2.58. The molecule has 0 saturated heterocycles. The molecule has 1 fully saturated rings. The van der Waals surface area contributed by atoms with Crippen LogP contribution in [0.15, 0.2) is 60.7 Å². The molecule has 0 radical (unpaired) electrons. The van der Waals surface area contributed by atoms with Gasteiger partial charge in [-0.1, -0.05) is 60.7 Å². The summed E-state index contributed by atoms with van der Waals surface area (Å²) in [5.41, 5.74) is 1.95. The van der Waals surface area contributed by atoms with Crippen LogP contribution in [0.25, 0.3) is 0 Å². The fourth-order valence-corrected chi connectivity index (χ4v) is 3.24. The lowest BCUT2D eigenvalue weighted by Gasteiger charge is -2.28. The summed E-state index contributed by atoms with van der Waals surface area (Å²) in [5.74, 6) is -0.531. The first-order valence-electron chi connectivity index (χ1n) is 9.26. The van der Waals surface area contributed by atoms with Gasteiger partial charge in [0.25, 0.3) is 0 Å². The molecule has 1 amide bonds. The van der Waals surface area contributed by atoms with Crippen LogP contribution in [-0.4, -0.2) is 36.0 Å². The zero-order chi connectivity index (χ0) is 18.4. The van der Waals surface area contributed by atoms with Crippen molar-refractivity contribution < 1.29 is 14.3 Å². The molecule has 136 valence electrons. The van der Waals surface area contributed by atoms with E-state index in [1.807, 2.05) is 65.6 Å². The Morgan fingerprint density at radius 3 is 2.00 bits per heavy atom. The Balaban J connectivity index is 1.84. The van der Waals surface area contributed by atoms with Crippen LogP contribution in [0.5, 0.6) is 0 Å². The molecule has 4 heteroatoms. The Hall–Kier alpha value is -2.62. The van der Waals surface area contributed by atoms with Crippen molar-refractivity contribution in [3.05, 3.63) is 71.8 Å². The van der Waals surface area contributed by atoms with E-state index < -0.39 is 0 Å². The van der Waals surface area contributed by atoms with Crippen molar-refractivity contribution >= 4 is 11.9 Å². The van der Waals surface area contributed by atoms with Gasteiger partial charge in [-0.3, -0.25) is 9.59 Å². The molecule has 4 nitrogen and oxygen atoms in total. The third-order valence-corrected chi connectivity index (χ3v) is 4.65. The lowest BCUT2D eigenvalue weighted by molar-refractivity contribution is -0.144. The summed E-state index contributed by atoms with van der Waals surface area (Å²) in [7, 11) is 0. The van der Waals surface area contributed by atoms with Gasteiger partial charge in [-0.05, 0) is 30.9 Å². The fourth-order valence-electron chi connectivity index (χ4n) is 3.24. The molecule has 1 saturated carbocycles. The highest BCUT2D eigenvalue weighted by Gasteiger charge is 2.37. The standard InChI is InChI=1S/C22H25NO3/c1-2-26-20(24)15-16-23(19-13-14-19)22(25)21(17-9-5-3-6-10-17)18-11-7-4-8-12-18/h3-12,19,21H,2,13-16H2,1H3. The van der Waals surface area contributed by atoms with Gasteiger partial charge in [0.15, 0.2) is 0 Å². The van der Waals surface area contributed by atoms with Gasteiger partial charge in [0, 0.05) is 12.6 Å². The van der Waals surface area contributed by atoms with Crippen molar-refractivity contribution in [2.24, 2.45) is 0 Å². The fraction of sp³-hybridized carbons (Fsp3) is 0.364. The van der Waals surface area contributed by atoms with Gasteiger partial charge in [-0.25, -0.2) is 0 Å². The van der Waals surface area contributed by atoms with E-state index in [9.17, 15) is 9.59 Å². The molecule has 1 aliphatic rings. The van der Waals surface area contributed by atoms with Gasteiger partial charge >= 0.3 is 5.97 Å². The van der Waals surface area contributed by atoms with Crippen LogP contribution < -0.4 is 0 Å². The van der Waals surface area contributed by atoms with Crippen LogP contribution in [0.3, 0.4) is 0 Å². The van der Waals surface area contributed by atoms with Crippen molar-refractivity contribution in [3.63, 3.8) is 0 Å². The molecule has 0 aliphatic heterocycles. The molecule has 2 aromatic rings. The largest absolute Gasteiger partial charge is 0.466 e. The van der Waals surface area contributed by atoms with Gasteiger partial charge in [0.05, 0.1) is 18.9 Å². The Labute approximate surface area is 154 Å². The van der Waals surface area contributed by atoms with E-state index in [2.05, 4.69) is 0 Å². The third kappa shape index (κ3) is 4.51. The van der Waals surface area contributed by atoms with Gasteiger partial charge in [-0.2, -0.15) is 0 Å². The van der Waals surface area contributed by atoms with E-state index in [0.717, 1.165) is 24.0 Å². The quantitative estimate of drug-likeness (QED) is 0.680. The molecule has 0 unspecified atom stereocenters. The molecular formula is C22H25NO3. The second kappa shape index (κ2) is 8.65. The summed E-state index contributed by atoms with van der Waals surface area (Å²) < 4.78 is 5.03. The Morgan fingerprint density at radius 2 is 1.54 bits per heavy atom. The van der Waals surface area contributed by atoms with Crippen LogP contribution in [0.4, 0.5) is 0 Å². The molecule has 0 N–H and O–H groups in total. The molecular weight excluding hydrogens is 326 g/mol. The summed E-state index contributed by atoms with van der Waals surface area (Å²) in [4.78, 5) is 27.1. The number of carbonyl (C=O) groups excluding carboxylic acids is 2. The highest BCUT2D eigenvalue weighted by molar-refractivity contribution is 5.88. The zero-order valence-corrected chi connectivity index (χ0v) is 15.1. The van der Waals surface area contributed by atoms with Crippen molar-refractivity contribution in [1.29, 1.82) is 0 Å². The van der Waals surface area contributed by atoms with Crippen LogP contribution in [-0.2, 0) is 14.3 Å². The van der Waals surface area contributed by atoms with Gasteiger partial charge in [0.2, 0.25) is 5.91 Å². The first-order chi connectivity index (χ1) is 12.7. The van der Waals surface area contributed by atoms with Crippen molar-refractivity contribution in [1.82, 2.24) is 4.90 Å². The first-order valence-corrected chi connectivity index (χ1v) is 9.26. The lowest BCUT2D eigenvalue weighted by Crippen LogP contribution is -2.39. The number of hydrogen-bond acceptors (Lipinski definition) is 3. The zero-order valence-electron chi connectivity index (χ0n) is 15.1. The number of hydrogen-bond donors (Lipinski definition) is 0. The minimum atomic E-state index is -0.347. The number of benzene rings is 2.